The first kappa shape index (κ1) is 15.9. The lowest BCUT2D eigenvalue weighted by molar-refractivity contribution is 0.369. The van der Waals surface area contributed by atoms with Crippen molar-refractivity contribution in [3.63, 3.8) is 0 Å². The van der Waals surface area contributed by atoms with Crippen molar-refractivity contribution in [2.75, 3.05) is 6.54 Å². The maximum absolute atomic E-state index is 6.17. The molecule has 0 aliphatic heterocycles. The SMILES string of the molecule is CCCCC(CC)CC(N)CCCCCN. The molecule has 0 aliphatic rings. The van der Waals surface area contributed by atoms with E-state index in [4.69, 9.17) is 11.5 Å². The highest BCUT2D eigenvalue weighted by Crippen LogP contribution is 2.19. The molecule has 2 heteroatoms. The summed E-state index contributed by atoms with van der Waals surface area (Å²) in [6.45, 7) is 5.38. The molecule has 0 aliphatic carbocycles. The molecule has 0 aromatic carbocycles. The van der Waals surface area contributed by atoms with Crippen LogP contribution in [-0.4, -0.2) is 12.6 Å². The van der Waals surface area contributed by atoms with Gasteiger partial charge in [0.25, 0.3) is 0 Å². The molecule has 0 spiro atoms. The molecule has 0 saturated carbocycles. The Morgan fingerprint density at radius 1 is 0.938 bits per heavy atom. The van der Waals surface area contributed by atoms with Crippen molar-refractivity contribution in [3.05, 3.63) is 0 Å². The van der Waals surface area contributed by atoms with Gasteiger partial charge in [-0.15, -0.1) is 0 Å². The highest BCUT2D eigenvalue weighted by Gasteiger charge is 2.11. The fraction of sp³-hybridized carbons (Fsp3) is 1.00. The van der Waals surface area contributed by atoms with Gasteiger partial charge in [-0.2, -0.15) is 0 Å². The normalized spacial score (nSPS) is 15.0. The first-order valence-electron chi connectivity index (χ1n) is 7.20. The number of hydrogen-bond acceptors (Lipinski definition) is 2. The summed E-state index contributed by atoms with van der Waals surface area (Å²) in [5.41, 5.74) is 11.6. The molecule has 2 nitrogen and oxygen atoms in total. The maximum atomic E-state index is 6.17. The fourth-order valence-corrected chi connectivity index (χ4v) is 2.26. The van der Waals surface area contributed by atoms with Gasteiger partial charge < -0.3 is 11.5 Å². The van der Waals surface area contributed by atoms with Gasteiger partial charge in [-0.1, -0.05) is 52.4 Å². The summed E-state index contributed by atoms with van der Waals surface area (Å²) < 4.78 is 0. The average molecular weight is 228 g/mol. The molecule has 0 saturated heterocycles. The van der Waals surface area contributed by atoms with E-state index in [-0.39, 0.29) is 0 Å². The quantitative estimate of drug-likeness (QED) is 0.532. The van der Waals surface area contributed by atoms with E-state index >= 15 is 0 Å². The van der Waals surface area contributed by atoms with Crippen LogP contribution in [0, 0.1) is 5.92 Å². The summed E-state index contributed by atoms with van der Waals surface area (Å²) in [5, 5.41) is 0. The topological polar surface area (TPSA) is 52.0 Å². The molecule has 0 fully saturated rings. The Morgan fingerprint density at radius 2 is 1.69 bits per heavy atom. The second-order valence-electron chi connectivity index (χ2n) is 5.05. The van der Waals surface area contributed by atoms with Crippen molar-refractivity contribution in [2.24, 2.45) is 17.4 Å². The van der Waals surface area contributed by atoms with Crippen molar-refractivity contribution in [3.8, 4) is 0 Å². The molecular weight excluding hydrogens is 196 g/mol. The lowest BCUT2D eigenvalue weighted by Gasteiger charge is -2.19. The standard InChI is InChI=1S/C14H32N2/c1-3-5-9-13(4-2)12-14(16)10-7-6-8-11-15/h13-14H,3-12,15-16H2,1-2H3. The molecule has 0 bridgehead atoms. The highest BCUT2D eigenvalue weighted by atomic mass is 14.6. The van der Waals surface area contributed by atoms with E-state index < -0.39 is 0 Å². The lowest BCUT2D eigenvalue weighted by atomic mass is 9.90. The monoisotopic (exact) mass is 228 g/mol. The summed E-state index contributed by atoms with van der Waals surface area (Å²) in [6.07, 6.45) is 11.4. The Bertz CT molecular complexity index is 137. The molecule has 0 radical (unpaired) electrons. The molecule has 4 N–H and O–H groups in total. The summed E-state index contributed by atoms with van der Waals surface area (Å²) in [5.74, 6) is 0.851. The zero-order valence-electron chi connectivity index (χ0n) is 11.4. The van der Waals surface area contributed by atoms with Crippen LogP contribution in [0.25, 0.3) is 0 Å². The van der Waals surface area contributed by atoms with Gasteiger partial charge in [-0.25, -0.2) is 0 Å². The summed E-state index contributed by atoms with van der Waals surface area (Å²) >= 11 is 0. The third-order valence-corrected chi connectivity index (χ3v) is 3.46. The first-order valence-corrected chi connectivity index (χ1v) is 7.20. The van der Waals surface area contributed by atoms with Crippen LogP contribution in [0.1, 0.15) is 71.6 Å². The Hall–Kier alpha value is -0.0800. The average Bonchev–Trinajstić information content (AvgIpc) is 2.30. The van der Waals surface area contributed by atoms with Gasteiger partial charge in [0.2, 0.25) is 0 Å². The summed E-state index contributed by atoms with van der Waals surface area (Å²) in [4.78, 5) is 0. The van der Waals surface area contributed by atoms with E-state index in [1.165, 1.54) is 51.4 Å². The molecule has 0 aromatic rings. The largest absolute Gasteiger partial charge is 0.330 e. The van der Waals surface area contributed by atoms with Gasteiger partial charge in [0.1, 0.15) is 0 Å². The molecule has 16 heavy (non-hydrogen) atoms. The van der Waals surface area contributed by atoms with Crippen molar-refractivity contribution in [2.45, 2.75) is 77.7 Å². The van der Waals surface area contributed by atoms with Crippen molar-refractivity contribution >= 4 is 0 Å². The number of nitrogens with two attached hydrogens (primary N) is 2. The van der Waals surface area contributed by atoms with Crippen LogP contribution in [0.15, 0.2) is 0 Å². The van der Waals surface area contributed by atoms with E-state index in [1.807, 2.05) is 0 Å². The number of rotatable bonds is 11. The van der Waals surface area contributed by atoms with Crippen LogP contribution in [-0.2, 0) is 0 Å². The van der Waals surface area contributed by atoms with Crippen LogP contribution < -0.4 is 11.5 Å². The molecule has 98 valence electrons. The fourth-order valence-electron chi connectivity index (χ4n) is 2.26. The smallest absolute Gasteiger partial charge is 0.00414 e. The molecule has 2 unspecified atom stereocenters. The minimum absolute atomic E-state index is 0.416. The van der Waals surface area contributed by atoms with Crippen molar-refractivity contribution < 1.29 is 0 Å². The molecule has 0 amide bonds. The van der Waals surface area contributed by atoms with Gasteiger partial charge in [-0.3, -0.25) is 0 Å². The van der Waals surface area contributed by atoms with E-state index in [9.17, 15) is 0 Å². The predicted octanol–water partition coefficient (Wildman–Crippen LogP) is 3.44. The van der Waals surface area contributed by atoms with Crippen LogP contribution in [0.4, 0.5) is 0 Å². The summed E-state index contributed by atoms with van der Waals surface area (Å²) in [7, 11) is 0. The third-order valence-electron chi connectivity index (χ3n) is 3.46. The van der Waals surface area contributed by atoms with Gasteiger partial charge >= 0.3 is 0 Å². The van der Waals surface area contributed by atoms with Gasteiger partial charge in [0.05, 0.1) is 0 Å². The Morgan fingerprint density at radius 3 is 2.25 bits per heavy atom. The summed E-state index contributed by atoms with van der Waals surface area (Å²) in [6, 6.07) is 0.416. The van der Waals surface area contributed by atoms with E-state index in [1.54, 1.807) is 0 Å². The van der Waals surface area contributed by atoms with Gasteiger partial charge in [0.15, 0.2) is 0 Å². The second-order valence-corrected chi connectivity index (χ2v) is 5.05. The molecule has 0 aromatic heterocycles. The van der Waals surface area contributed by atoms with Crippen LogP contribution in [0.2, 0.25) is 0 Å². The van der Waals surface area contributed by atoms with Crippen molar-refractivity contribution in [1.82, 2.24) is 0 Å². The lowest BCUT2D eigenvalue weighted by Crippen LogP contribution is -2.23. The Balaban J connectivity index is 3.53. The highest BCUT2D eigenvalue weighted by molar-refractivity contribution is 4.68. The number of unbranched alkanes of at least 4 members (excludes halogenated alkanes) is 3. The molecule has 0 heterocycles. The minimum Gasteiger partial charge on any atom is -0.330 e. The first-order chi connectivity index (χ1) is 7.74. The molecular formula is C14H32N2. The van der Waals surface area contributed by atoms with Crippen molar-refractivity contribution in [1.29, 1.82) is 0 Å². The minimum atomic E-state index is 0.416. The predicted molar refractivity (Wildman–Crippen MR) is 73.4 cm³/mol. The Kier molecular flexibility index (Phi) is 11.3. The molecule has 0 rings (SSSR count). The zero-order chi connectivity index (χ0) is 12.2. The number of hydrogen-bond donors (Lipinski definition) is 2. The third kappa shape index (κ3) is 9.17. The van der Waals surface area contributed by atoms with E-state index in [2.05, 4.69) is 13.8 Å². The second kappa shape index (κ2) is 11.4. The van der Waals surface area contributed by atoms with E-state index in [0.29, 0.717) is 6.04 Å². The van der Waals surface area contributed by atoms with Gasteiger partial charge in [-0.05, 0) is 31.7 Å². The zero-order valence-corrected chi connectivity index (χ0v) is 11.4. The van der Waals surface area contributed by atoms with Crippen LogP contribution >= 0.6 is 0 Å². The van der Waals surface area contributed by atoms with Crippen LogP contribution in [0.3, 0.4) is 0 Å². The Labute approximate surface area is 102 Å². The molecule has 2 atom stereocenters. The van der Waals surface area contributed by atoms with Gasteiger partial charge in [0, 0.05) is 6.04 Å². The van der Waals surface area contributed by atoms with E-state index in [0.717, 1.165) is 18.9 Å². The van der Waals surface area contributed by atoms with Crippen LogP contribution in [0.5, 0.6) is 0 Å². The maximum Gasteiger partial charge on any atom is 0.00414 e.